The van der Waals surface area contributed by atoms with Gasteiger partial charge in [0, 0.05) is 32.8 Å². The quantitative estimate of drug-likeness (QED) is 0.153. The number of hydrogen-bond donors (Lipinski definition) is 0. The maximum atomic E-state index is 12.7. The third-order valence-electron chi connectivity index (χ3n) is 5.60. The van der Waals surface area contributed by atoms with Crippen molar-refractivity contribution in [2.24, 2.45) is 0 Å². The molecule has 0 unspecified atom stereocenters. The number of methoxy groups -OCH3 is 1. The topological polar surface area (TPSA) is 92.0 Å². The summed E-state index contributed by atoms with van der Waals surface area (Å²) in [5, 5.41) is 2.56. The van der Waals surface area contributed by atoms with Crippen LogP contribution in [0, 0.1) is 0 Å². The Morgan fingerprint density at radius 3 is 2.57 bits per heavy atom. The number of halogens is 1. The molecule has 0 spiro atoms. The Morgan fingerprint density at radius 1 is 0.857 bits per heavy atom. The molecule has 0 amide bonds. The summed E-state index contributed by atoms with van der Waals surface area (Å²) in [5.74, 6) is 0.614. The van der Waals surface area contributed by atoms with E-state index in [0.717, 1.165) is 5.39 Å². The smallest absolute Gasteiger partial charge is 0.379 e. The van der Waals surface area contributed by atoms with E-state index in [9.17, 15) is 9.59 Å². The fraction of sp³-hybridized carbons (Fsp3) is 0.0370. The number of hydrogen-bond acceptors (Lipinski definition) is 7. The molecule has 0 saturated heterocycles. The van der Waals surface area contributed by atoms with Crippen molar-refractivity contribution in [2.45, 2.75) is 0 Å². The van der Waals surface area contributed by atoms with Gasteiger partial charge in [0.05, 0.1) is 7.11 Å². The Bertz CT molecular complexity index is 1820. The van der Waals surface area contributed by atoms with Gasteiger partial charge in [0.15, 0.2) is 11.3 Å². The van der Waals surface area contributed by atoms with Crippen LogP contribution in [0.3, 0.4) is 0 Å². The van der Waals surface area contributed by atoms with E-state index in [1.54, 1.807) is 49.6 Å². The average molecular weight is 487 g/mol. The van der Waals surface area contributed by atoms with E-state index in [4.69, 9.17) is 34.3 Å². The number of ether oxygens (including phenoxy) is 2. The van der Waals surface area contributed by atoms with Gasteiger partial charge in [0.2, 0.25) is 5.76 Å². The molecule has 3 aromatic carbocycles. The second-order valence-corrected chi connectivity index (χ2v) is 8.25. The molecule has 8 heteroatoms. The molecule has 0 aliphatic rings. The summed E-state index contributed by atoms with van der Waals surface area (Å²) in [7, 11) is 1.56. The minimum absolute atomic E-state index is 0.0339. The van der Waals surface area contributed by atoms with Crippen molar-refractivity contribution in [1.29, 1.82) is 0 Å². The van der Waals surface area contributed by atoms with Crippen molar-refractivity contribution in [3.8, 4) is 22.8 Å². The van der Waals surface area contributed by atoms with Gasteiger partial charge in [-0.3, -0.25) is 0 Å². The Balaban J connectivity index is 1.41. The lowest BCUT2D eigenvalue weighted by molar-refractivity contribution is 0.0704. The summed E-state index contributed by atoms with van der Waals surface area (Å²) < 4.78 is 27.9. The molecule has 0 aliphatic heterocycles. The second-order valence-electron chi connectivity index (χ2n) is 7.81. The van der Waals surface area contributed by atoms with Crippen LogP contribution in [0.4, 0.5) is 0 Å². The normalized spacial score (nSPS) is 11.4. The number of carbonyl (C=O) groups excluding carboxylic acids is 1. The zero-order valence-electron chi connectivity index (χ0n) is 18.2. The fourth-order valence-corrected chi connectivity index (χ4v) is 4.19. The molecule has 7 nitrogen and oxygen atoms in total. The number of benzene rings is 3. The molecular formula is C27H15ClO7. The first-order valence-electron chi connectivity index (χ1n) is 10.5. The van der Waals surface area contributed by atoms with Gasteiger partial charge in [-0.2, -0.15) is 0 Å². The van der Waals surface area contributed by atoms with E-state index in [-0.39, 0.29) is 11.5 Å². The van der Waals surface area contributed by atoms with Gasteiger partial charge in [-0.25, -0.2) is 9.59 Å². The molecule has 0 bridgehead atoms. The Morgan fingerprint density at radius 2 is 1.71 bits per heavy atom. The van der Waals surface area contributed by atoms with E-state index >= 15 is 0 Å². The summed E-state index contributed by atoms with van der Waals surface area (Å²) in [6.45, 7) is 0. The third-order valence-corrected chi connectivity index (χ3v) is 5.83. The molecule has 0 fully saturated rings. The van der Waals surface area contributed by atoms with E-state index < -0.39 is 11.6 Å². The molecule has 6 rings (SSSR count). The lowest BCUT2D eigenvalue weighted by atomic mass is 10.1. The molecule has 35 heavy (non-hydrogen) atoms. The summed E-state index contributed by atoms with van der Waals surface area (Å²) in [6, 6.07) is 20.0. The van der Waals surface area contributed by atoms with Crippen molar-refractivity contribution in [2.75, 3.05) is 7.11 Å². The van der Waals surface area contributed by atoms with Gasteiger partial charge in [0.25, 0.3) is 0 Å². The number of furan rings is 2. The lowest BCUT2D eigenvalue weighted by Gasteiger charge is -2.06. The predicted octanol–water partition coefficient (Wildman–Crippen LogP) is 6.83. The maximum Gasteiger partial charge on any atom is 0.379 e. The van der Waals surface area contributed by atoms with E-state index in [1.807, 2.05) is 18.2 Å². The fourth-order valence-electron chi connectivity index (χ4n) is 4.01. The number of para-hydroxylation sites is 1. The monoisotopic (exact) mass is 486 g/mol. The summed E-state index contributed by atoms with van der Waals surface area (Å²) >= 11 is 6.01. The minimum atomic E-state index is -0.677. The molecule has 0 saturated carbocycles. The largest absolute Gasteiger partial charge is 0.493 e. The molecule has 3 aromatic heterocycles. The second kappa shape index (κ2) is 8.07. The highest BCUT2D eigenvalue weighted by atomic mass is 35.5. The molecule has 0 N–H and O–H groups in total. The highest BCUT2D eigenvalue weighted by molar-refractivity contribution is 6.31. The Kier molecular flexibility index (Phi) is 4.86. The van der Waals surface area contributed by atoms with Crippen LogP contribution in [0.2, 0.25) is 5.02 Å². The van der Waals surface area contributed by atoms with E-state index in [1.165, 1.54) is 12.1 Å². The third kappa shape index (κ3) is 3.72. The van der Waals surface area contributed by atoms with E-state index in [2.05, 4.69) is 0 Å². The highest BCUT2D eigenvalue weighted by Gasteiger charge is 2.18. The van der Waals surface area contributed by atoms with Gasteiger partial charge in [0.1, 0.15) is 22.7 Å². The van der Waals surface area contributed by atoms with Crippen LogP contribution in [0.5, 0.6) is 11.5 Å². The van der Waals surface area contributed by atoms with Crippen LogP contribution in [0.25, 0.3) is 44.2 Å². The van der Waals surface area contributed by atoms with Crippen LogP contribution in [0.1, 0.15) is 10.6 Å². The zero-order valence-corrected chi connectivity index (χ0v) is 18.9. The maximum absolute atomic E-state index is 12.7. The van der Waals surface area contributed by atoms with Gasteiger partial charge >= 0.3 is 11.6 Å². The molecule has 0 atom stereocenters. The van der Waals surface area contributed by atoms with Gasteiger partial charge in [-0.05, 0) is 54.6 Å². The first kappa shape index (κ1) is 21.1. The van der Waals surface area contributed by atoms with Crippen LogP contribution in [-0.2, 0) is 0 Å². The van der Waals surface area contributed by atoms with Crippen molar-refractivity contribution in [1.82, 2.24) is 0 Å². The predicted molar refractivity (Wildman–Crippen MR) is 130 cm³/mol. The summed E-state index contributed by atoms with van der Waals surface area (Å²) in [5.41, 5.74) is 1.35. The summed E-state index contributed by atoms with van der Waals surface area (Å²) in [4.78, 5) is 25.0. The Hall–Kier alpha value is -4.49. The van der Waals surface area contributed by atoms with Gasteiger partial charge in [-0.15, -0.1) is 0 Å². The van der Waals surface area contributed by atoms with Crippen molar-refractivity contribution >= 4 is 50.5 Å². The molecular weight excluding hydrogens is 472 g/mol. The number of esters is 1. The van der Waals surface area contributed by atoms with Crippen molar-refractivity contribution in [3.05, 3.63) is 94.0 Å². The molecule has 3 heterocycles. The van der Waals surface area contributed by atoms with Crippen LogP contribution in [-0.4, -0.2) is 13.1 Å². The molecule has 6 aromatic rings. The first-order valence-corrected chi connectivity index (χ1v) is 10.9. The van der Waals surface area contributed by atoms with Crippen LogP contribution in [0.15, 0.2) is 90.8 Å². The standard InChI is InChI=1S/C27H15ClO7/c1-31-22-4-2-3-14-10-23(35-26(14)22)19-13-25(29)34-21-8-6-17(12-18(19)21)32-27(30)24-11-15-9-16(28)5-7-20(15)33-24/h2-13H,1H3. The van der Waals surface area contributed by atoms with E-state index in [0.29, 0.717) is 49.6 Å². The van der Waals surface area contributed by atoms with Gasteiger partial charge < -0.3 is 22.7 Å². The minimum Gasteiger partial charge on any atom is -0.493 e. The first-order chi connectivity index (χ1) is 17.0. The lowest BCUT2D eigenvalue weighted by Crippen LogP contribution is -2.07. The average Bonchev–Trinajstić information content (AvgIpc) is 3.47. The van der Waals surface area contributed by atoms with Gasteiger partial charge in [-0.1, -0.05) is 23.7 Å². The van der Waals surface area contributed by atoms with Crippen LogP contribution >= 0.6 is 11.6 Å². The van der Waals surface area contributed by atoms with Crippen LogP contribution < -0.4 is 15.1 Å². The van der Waals surface area contributed by atoms with Crippen molar-refractivity contribution in [3.63, 3.8) is 0 Å². The molecule has 0 aliphatic carbocycles. The number of carbonyl (C=O) groups is 1. The Labute approximate surface area is 202 Å². The summed E-state index contributed by atoms with van der Waals surface area (Å²) in [6.07, 6.45) is 0. The molecule has 172 valence electrons. The van der Waals surface area contributed by atoms with Crippen molar-refractivity contribution < 1.29 is 27.5 Å². The number of fused-ring (bicyclic) bond motifs is 3. The number of rotatable bonds is 4. The zero-order chi connectivity index (χ0) is 24.1. The SMILES string of the molecule is COc1cccc2cc(-c3cc(=O)oc4ccc(OC(=O)c5cc6cc(Cl)ccc6o5)cc34)oc12. The molecule has 0 radical (unpaired) electrons. The highest BCUT2D eigenvalue weighted by Crippen LogP contribution is 2.37.